The van der Waals surface area contributed by atoms with Crippen LogP contribution in [0.3, 0.4) is 0 Å². The number of nitrogens with one attached hydrogen (secondary N) is 3. The molecule has 0 aliphatic carbocycles. The minimum Gasteiger partial charge on any atom is -0.358 e. The summed E-state index contributed by atoms with van der Waals surface area (Å²) >= 11 is 6.03. The SMILES string of the molecule is CC[C@@H](C)[C@H](Nc1ccnc(-c2c[nH]c3ncc(Cl)cc23)n1)C(=O)NCC(F)(F)F.[HH].[HH].[HH]. The van der Waals surface area contributed by atoms with Gasteiger partial charge in [-0.05, 0) is 18.1 Å². The first-order chi connectivity index (χ1) is 14.2. The number of alkyl halides is 3. The van der Waals surface area contributed by atoms with Gasteiger partial charge >= 0.3 is 6.18 Å². The van der Waals surface area contributed by atoms with Gasteiger partial charge in [0, 0.05) is 33.8 Å². The van der Waals surface area contributed by atoms with Gasteiger partial charge in [-0.1, -0.05) is 31.9 Å². The van der Waals surface area contributed by atoms with Crippen LogP contribution < -0.4 is 10.6 Å². The third-order valence-electron chi connectivity index (χ3n) is 4.66. The predicted octanol–water partition coefficient (Wildman–Crippen LogP) is 4.92. The molecule has 0 fully saturated rings. The highest BCUT2D eigenvalue weighted by atomic mass is 35.5. The van der Waals surface area contributed by atoms with Crippen molar-refractivity contribution in [2.75, 3.05) is 11.9 Å². The fourth-order valence-corrected chi connectivity index (χ4v) is 3.05. The summed E-state index contributed by atoms with van der Waals surface area (Å²) in [6, 6.07) is 2.39. The zero-order chi connectivity index (χ0) is 21.9. The van der Waals surface area contributed by atoms with Crippen LogP contribution in [0.2, 0.25) is 5.02 Å². The second kappa shape index (κ2) is 8.86. The number of amides is 1. The van der Waals surface area contributed by atoms with Gasteiger partial charge in [0.2, 0.25) is 5.91 Å². The lowest BCUT2D eigenvalue weighted by Crippen LogP contribution is -2.46. The van der Waals surface area contributed by atoms with Crippen LogP contribution in [0.4, 0.5) is 19.0 Å². The molecule has 0 saturated heterocycles. The van der Waals surface area contributed by atoms with Crippen LogP contribution in [0.1, 0.15) is 24.5 Å². The van der Waals surface area contributed by atoms with E-state index in [1.807, 2.05) is 12.2 Å². The molecule has 3 heterocycles. The Balaban J connectivity index is 0.00000341. The van der Waals surface area contributed by atoms with Gasteiger partial charge in [0.15, 0.2) is 5.82 Å². The first-order valence-corrected chi connectivity index (χ1v) is 9.62. The van der Waals surface area contributed by atoms with E-state index in [0.29, 0.717) is 34.3 Å². The maximum Gasteiger partial charge on any atom is 0.405 e. The summed E-state index contributed by atoms with van der Waals surface area (Å²) in [6.07, 6.45) is 0.807. The summed E-state index contributed by atoms with van der Waals surface area (Å²) in [4.78, 5) is 28.3. The van der Waals surface area contributed by atoms with Crippen LogP contribution in [0.5, 0.6) is 0 Å². The molecule has 166 valence electrons. The average molecular weight is 447 g/mol. The Bertz CT molecular complexity index is 1050. The summed E-state index contributed by atoms with van der Waals surface area (Å²) in [5, 5.41) is 6.06. The lowest BCUT2D eigenvalue weighted by molar-refractivity contribution is -0.139. The number of aromatic amines is 1. The van der Waals surface area contributed by atoms with Gasteiger partial charge in [-0.3, -0.25) is 4.79 Å². The topological polar surface area (TPSA) is 95.6 Å². The number of fused-ring (bicyclic) bond motifs is 1. The number of rotatable bonds is 7. The Morgan fingerprint density at radius 1 is 1.37 bits per heavy atom. The quantitative estimate of drug-likeness (QED) is 0.479. The second-order valence-corrected chi connectivity index (χ2v) is 7.29. The van der Waals surface area contributed by atoms with Gasteiger partial charge in [-0.2, -0.15) is 13.2 Å². The zero-order valence-electron chi connectivity index (χ0n) is 16.2. The van der Waals surface area contributed by atoms with Crippen LogP contribution in [-0.2, 0) is 4.79 Å². The number of carbonyl (C=O) groups is 1. The minimum atomic E-state index is -4.48. The molecule has 3 aromatic rings. The predicted molar refractivity (Wildman–Crippen MR) is 114 cm³/mol. The molecule has 7 nitrogen and oxygen atoms in total. The van der Waals surface area contributed by atoms with Gasteiger partial charge in [0.1, 0.15) is 24.1 Å². The van der Waals surface area contributed by atoms with E-state index in [2.05, 4.69) is 25.3 Å². The number of hydrogen-bond acceptors (Lipinski definition) is 5. The maximum absolute atomic E-state index is 12.5. The first-order valence-electron chi connectivity index (χ1n) is 9.25. The van der Waals surface area contributed by atoms with E-state index in [0.717, 1.165) is 5.39 Å². The van der Waals surface area contributed by atoms with E-state index >= 15 is 0 Å². The van der Waals surface area contributed by atoms with Gasteiger partial charge < -0.3 is 15.6 Å². The van der Waals surface area contributed by atoms with Crippen molar-refractivity contribution in [3.8, 4) is 11.4 Å². The van der Waals surface area contributed by atoms with Gasteiger partial charge in [-0.15, -0.1) is 0 Å². The lowest BCUT2D eigenvalue weighted by atomic mass is 9.98. The maximum atomic E-state index is 12.5. The van der Waals surface area contributed by atoms with E-state index < -0.39 is 24.7 Å². The Morgan fingerprint density at radius 2 is 2.13 bits per heavy atom. The summed E-state index contributed by atoms with van der Waals surface area (Å²) < 4.78 is 37.4. The normalized spacial score (nSPS) is 13.8. The van der Waals surface area contributed by atoms with E-state index in [1.54, 1.807) is 25.3 Å². The number of nitrogens with zero attached hydrogens (tertiary/aromatic N) is 3. The smallest absolute Gasteiger partial charge is 0.358 e. The number of aromatic nitrogens is 4. The van der Waals surface area contributed by atoms with Crippen LogP contribution in [0.25, 0.3) is 22.4 Å². The lowest BCUT2D eigenvalue weighted by Gasteiger charge is -2.24. The molecule has 0 aliphatic rings. The van der Waals surface area contributed by atoms with E-state index in [1.165, 1.54) is 12.4 Å². The number of halogens is 4. The number of anilines is 1. The van der Waals surface area contributed by atoms with E-state index in [9.17, 15) is 18.0 Å². The van der Waals surface area contributed by atoms with Crippen molar-refractivity contribution >= 4 is 34.4 Å². The highest BCUT2D eigenvalue weighted by Crippen LogP contribution is 2.28. The van der Waals surface area contributed by atoms with Crippen molar-refractivity contribution in [1.82, 2.24) is 25.3 Å². The Kier molecular flexibility index (Phi) is 6.45. The van der Waals surface area contributed by atoms with Gasteiger partial charge in [-0.25, -0.2) is 15.0 Å². The van der Waals surface area contributed by atoms with Crippen molar-refractivity contribution in [3.05, 3.63) is 35.7 Å². The van der Waals surface area contributed by atoms with Crippen molar-refractivity contribution in [1.29, 1.82) is 0 Å². The molecule has 0 aliphatic heterocycles. The number of H-pyrrole nitrogens is 1. The molecule has 3 aromatic heterocycles. The summed E-state index contributed by atoms with van der Waals surface area (Å²) in [5.74, 6) is -0.302. The molecule has 11 heteroatoms. The van der Waals surface area contributed by atoms with Crippen molar-refractivity contribution < 1.29 is 22.2 Å². The van der Waals surface area contributed by atoms with Crippen molar-refractivity contribution in [3.63, 3.8) is 0 Å². The fraction of sp³-hybridized carbons (Fsp3) is 0.368. The summed E-state index contributed by atoms with van der Waals surface area (Å²) in [5.41, 5.74) is 1.27. The molecule has 0 radical (unpaired) electrons. The fourth-order valence-electron chi connectivity index (χ4n) is 2.89. The molecule has 30 heavy (non-hydrogen) atoms. The number of pyridine rings is 1. The standard InChI is InChI=1S/C19H20ClF3N6O.3H2/c1-3-10(2)15(18(30)27-9-19(21,22)23)28-14-4-5-24-17(29-14)13-8-26-16-12(13)6-11(20)7-25-16;;;/h4-8,10,15H,3,9H2,1-2H3,(H,25,26)(H,27,30)(H,24,28,29);3*1H/t10-,15+;;;/m1.../s1. The van der Waals surface area contributed by atoms with Crippen LogP contribution in [0.15, 0.2) is 30.7 Å². The summed E-state index contributed by atoms with van der Waals surface area (Å²) in [7, 11) is 0. The zero-order valence-corrected chi connectivity index (χ0v) is 17.0. The molecule has 3 N–H and O–H groups in total. The molecule has 0 unspecified atom stereocenters. The molecule has 2 atom stereocenters. The monoisotopic (exact) mass is 446 g/mol. The first kappa shape index (κ1) is 21.8. The largest absolute Gasteiger partial charge is 0.405 e. The van der Waals surface area contributed by atoms with Crippen molar-refractivity contribution in [2.45, 2.75) is 32.5 Å². The molecular formula is C19H26ClF3N6O. The molecule has 0 bridgehead atoms. The Labute approximate surface area is 179 Å². The van der Waals surface area contributed by atoms with E-state index in [-0.39, 0.29) is 10.2 Å². The second-order valence-electron chi connectivity index (χ2n) is 6.86. The Hall–Kier alpha value is -2.88. The molecule has 0 spiro atoms. The number of carbonyl (C=O) groups excluding carboxylic acids is 1. The number of hydrogen-bond donors (Lipinski definition) is 3. The average Bonchev–Trinajstić information content (AvgIpc) is 3.12. The molecular weight excluding hydrogens is 421 g/mol. The highest BCUT2D eigenvalue weighted by Gasteiger charge is 2.31. The minimum absolute atomic E-state index is 0. The van der Waals surface area contributed by atoms with Crippen LogP contribution >= 0.6 is 11.6 Å². The highest BCUT2D eigenvalue weighted by molar-refractivity contribution is 6.31. The van der Waals surface area contributed by atoms with Crippen LogP contribution in [-0.4, -0.2) is 44.6 Å². The van der Waals surface area contributed by atoms with Crippen LogP contribution in [0, 0.1) is 5.92 Å². The third-order valence-corrected chi connectivity index (χ3v) is 4.86. The third kappa shape index (κ3) is 5.18. The summed E-state index contributed by atoms with van der Waals surface area (Å²) in [6.45, 7) is 2.24. The molecule has 0 aromatic carbocycles. The van der Waals surface area contributed by atoms with Gasteiger partial charge in [0.05, 0.1) is 5.02 Å². The molecule has 1 amide bonds. The van der Waals surface area contributed by atoms with Crippen molar-refractivity contribution in [2.24, 2.45) is 5.92 Å². The Morgan fingerprint density at radius 3 is 2.83 bits per heavy atom. The molecule has 0 saturated carbocycles. The van der Waals surface area contributed by atoms with E-state index in [4.69, 9.17) is 11.6 Å². The molecule has 3 rings (SSSR count). The van der Waals surface area contributed by atoms with Gasteiger partial charge in [0.25, 0.3) is 0 Å².